The Hall–Kier alpha value is -7.03. The van der Waals surface area contributed by atoms with Crippen molar-refractivity contribution in [1.82, 2.24) is 4.31 Å². The normalized spacial score (nSPS) is 15.0. The molecule has 0 saturated carbocycles. The lowest BCUT2D eigenvalue weighted by molar-refractivity contribution is -0.137. The lowest BCUT2D eigenvalue weighted by atomic mass is 9.89. The average molecular weight is 892 g/mol. The summed E-state index contributed by atoms with van der Waals surface area (Å²) in [6.07, 6.45) is 6.65. The van der Waals surface area contributed by atoms with E-state index >= 15 is 0 Å². The van der Waals surface area contributed by atoms with Gasteiger partial charge in [-0.25, -0.2) is 18.0 Å². The van der Waals surface area contributed by atoms with Crippen LogP contribution in [0, 0.1) is 0 Å². The monoisotopic (exact) mass is 891 g/mol. The van der Waals surface area contributed by atoms with E-state index in [9.17, 15) is 18.0 Å². The summed E-state index contributed by atoms with van der Waals surface area (Å²) in [7, 11) is 0.236. The maximum absolute atomic E-state index is 13.6. The van der Waals surface area contributed by atoms with Crippen LogP contribution in [0.25, 0.3) is 21.5 Å². The summed E-state index contributed by atoms with van der Waals surface area (Å²) in [5.41, 5.74) is 6.85. The molecule has 0 spiro atoms. The van der Waals surface area contributed by atoms with Gasteiger partial charge in [-0.15, -0.1) is 15.3 Å². The van der Waals surface area contributed by atoms with E-state index in [0.29, 0.717) is 17.1 Å². The number of esters is 2. The molecule has 0 fully saturated rings. The standard InChI is InChI=1S/C51H53N7O6S/c1-7-10-11-16-36-17-14-18-37(35-36)51(4)56(5)46-22-15-21-42-45(29-30-47(50(42)46)57(51)6)55-54-44-28-27-43(40-19-12-13-20-41(40)44)53-52-38-23-25-39(26-24-38)65(61,62)58(31-33-63-48(59)8-2)32-34-64-49(60)9-3/h8-9,12-15,17-30,35H,2-3,7,10-11,16,31-34H2,1,4-6H3/b53-52+,55-54+. The number of nitrogens with zero attached hydrogens (tertiary/aromatic N) is 7. The van der Waals surface area contributed by atoms with Crippen LogP contribution in [0.1, 0.15) is 44.2 Å². The van der Waals surface area contributed by atoms with Crippen molar-refractivity contribution in [3.05, 3.63) is 152 Å². The van der Waals surface area contributed by atoms with Crippen molar-refractivity contribution in [2.24, 2.45) is 20.5 Å². The van der Waals surface area contributed by atoms with Crippen LogP contribution in [0.3, 0.4) is 0 Å². The van der Waals surface area contributed by atoms with Gasteiger partial charge in [-0.3, -0.25) is 0 Å². The quantitative estimate of drug-likeness (QED) is 0.0338. The number of anilines is 2. The summed E-state index contributed by atoms with van der Waals surface area (Å²) in [4.78, 5) is 27.8. The summed E-state index contributed by atoms with van der Waals surface area (Å²) in [5, 5.41) is 22.3. The van der Waals surface area contributed by atoms with E-state index in [-0.39, 0.29) is 31.2 Å². The number of carbonyl (C=O) groups excluding carboxylic acids is 2. The fourth-order valence-corrected chi connectivity index (χ4v) is 9.55. The van der Waals surface area contributed by atoms with Gasteiger partial charge >= 0.3 is 11.9 Å². The topological polar surface area (TPSA) is 146 Å². The van der Waals surface area contributed by atoms with Crippen molar-refractivity contribution in [1.29, 1.82) is 0 Å². The number of fused-ring (bicyclic) bond motifs is 1. The highest BCUT2D eigenvalue weighted by Crippen LogP contribution is 2.50. The van der Waals surface area contributed by atoms with Gasteiger partial charge in [-0.2, -0.15) is 9.42 Å². The Morgan fingerprint density at radius 1 is 0.677 bits per heavy atom. The molecular weight excluding hydrogens is 839 g/mol. The van der Waals surface area contributed by atoms with Gasteiger partial charge in [0, 0.05) is 72.3 Å². The van der Waals surface area contributed by atoms with Gasteiger partial charge in [0.05, 0.1) is 27.6 Å². The molecule has 334 valence electrons. The molecule has 7 rings (SSSR count). The number of aryl methyl sites for hydroxylation is 1. The molecule has 0 N–H and O–H groups in total. The molecule has 0 aliphatic carbocycles. The van der Waals surface area contributed by atoms with E-state index in [4.69, 9.17) is 19.7 Å². The van der Waals surface area contributed by atoms with Crippen LogP contribution >= 0.6 is 0 Å². The highest BCUT2D eigenvalue weighted by Gasteiger charge is 2.41. The minimum atomic E-state index is -4.09. The van der Waals surface area contributed by atoms with Gasteiger partial charge in [-0.1, -0.05) is 93.6 Å². The zero-order chi connectivity index (χ0) is 46.1. The number of azo groups is 2. The lowest BCUT2D eigenvalue weighted by Crippen LogP contribution is -2.56. The second-order valence-corrected chi connectivity index (χ2v) is 17.7. The predicted octanol–water partition coefficient (Wildman–Crippen LogP) is 11.8. The summed E-state index contributed by atoms with van der Waals surface area (Å²) in [5.74, 6) is -1.38. The van der Waals surface area contributed by atoms with Gasteiger partial charge in [0.15, 0.2) is 0 Å². The van der Waals surface area contributed by atoms with Crippen LogP contribution < -0.4 is 9.80 Å². The smallest absolute Gasteiger partial charge is 0.330 e. The Balaban J connectivity index is 1.11. The minimum Gasteiger partial charge on any atom is -0.461 e. The van der Waals surface area contributed by atoms with Crippen molar-refractivity contribution >= 4 is 77.6 Å². The van der Waals surface area contributed by atoms with Gasteiger partial charge in [-0.05, 0) is 85.5 Å². The Kier molecular flexibility index (Phi) is 14.3. The first kappa shape index (κ1) is 46.0. The SMILES string of the molecule is C=CC(=O)OCCN(CCOC(=O)C=C)S(=O)(=O)c1ccc(/N=N/c2ccc(/N=N/c3ccc4c5c(cccc35)N(C)C(C)(c3cccc(CCCCC)c3)N4C)c3ccccc23)cc1. The fraction of sp³-hybridized carbons (Fsp3) is 0.255. The number of rotatable bonds is 19. The van der Waals surface area contributed by atoms with Crippen molar-refractivity contribution in [3.8, 4) is 0 Å². The maximum Gasteiger partial charge on any atom is 0.330 e. The molecule has 1 heterocycles. The van der Waals surface area contributed by atoms with Crippen LogP contribution in [0.4, 0.5) is 34.1 Å². The molecule has 0 amide bonds. The number of hydrogen-bond donors (Lipinski definition) is 0. The third-order valence-corrected chi connectivity index (χ3v) is 13.9. The van der Waals surface area contributed by atoms with Gasteiger partial charge < -0.3 is 19.3 Å². The average Bonchev–Trinajstić information content (AvgIpc) is 3.33. The molecular formula is C51H53N7O6S. The zero-order valence-electron chi connectivity index (χ0n) is 37.2. The molecule has 1 aliphatic heterocycles. The van der Waals surface area contributed by atoms with Crippen LogP contribution in [0.2, 0.25) is 0 Å². The highest BCUT2D eigenvalue weighted by atomic mass is 32.2. The van der Waals surface area contributed by atoms with Crippen molar-refractivity contribution in [2.45, 2.75) is 50.1 Å². The lowest BCUT2D eigenvalue weighted by Gasteiger charge is -2.52. The van der Waals surface area contributed by atoms with E-state index in [1.165, 1.54) is 54.7 Å². The Morgan fingerprint density at radius 2 is 1.22 bits per heavy atom. The first-order valence-electron chi connectivity index (χ1n) is 21.6. The first-order valence-corrected chi connectivity index (χ1v) is 23.0. The third kappa shape index (κ3) is 9.74. The van der Waals surface area contributed by atoms with Gasteiger partial charge in [0.2, 0.25) is 10.0 Å². The fourth-order valence-electron chi connectivity index (χ4n) is 8.14. The van der Waals surface area contributed by atoms with Gasteiger partial charge in [0.1, 0.15) is 18.9 Å². The second-order valence-electron chi connectivity index (χ2n) is 15.8. The number of ether oxygens (including phenoxy) is 2. The van der Waals surface area contributed by atoms with Gasteiger partial charge in [0.25, 0.3) is 0 Å². The van der Waals surface area contributed by atoms with E-state index in [0.717, 1.165) is 61.5 Å². The van der Waals surface area contributed by atoms with Crippen molar-refractivity contribution < 1.29 is 27.5 Å². The maximum atomic E-state index is 13.6. The van der Waals surface area contributed by atoms with E-state index in [2.05, 4.69) is 110 Å². The van der Waals surface area contributed by atoms with Crippen molar-refractivity contribution in [3.63, 3.8) is 0 Å². The van der Waals surface area contributed by atoms with Crippen LogP contribution in [0.15, 0.2) is 166 Å². The number of unbranched alkanes of at least 4 members (excludes halogenated alkanes) is 2. The highest BCUT2D eigenvalue weighted by molar-refractivity contribution is 7.89. The minimum absolute atomic E-state index is 0.0335. The number of benzene rings is 6. The summed E-state index contributed by atoms with van der Waals surface area (Å²) in [6.45, 7) is 10.4. The number of sulfonamides is 1. The molecule has 65 heavy (non-hydrogen) atoms. The molecule has 0 saturated heterocycles. The summed E-state index contributed by atoms with van der Waals surface area (Å²) in [6, 6.07) is 36.9. The second kappa shape index (κ2) is 20.2. The zero-order valence-corrected chi connectivity index (χ0v) is 38.0. The molecule has 1 atom stereocenters. The summed E-state index contributed by atoms with van der Waals surface area (Å²) >= 11 is 0. The number of hydrogen-bond acceptors (Lipinski definition) is 12. The molecule has 6 aromatic rings. The molecule has 6 aromatic carbocycles. The van der Waals surface area contributed by atoms with E-state index in [1.54, 1.807) is 0 Å². The Labute approximate surface area is 380 Å². The largest absolute Gasteiger partial charge is 0.461 e. The van der Waals surface area contributed by atoms with Crippen LogP contribution in [0.5, 0.6) is 0 Å². The number of carbonyl (C=O) groups is 2. The summed E-state index contributed by atoms with van der Waals surface area (Å²) < 4.78 is 38.3. The van der Waals surface area contributed by atoms with Crippen LogP contribution in [-0.4, -0.2) is 65.1 Å². The molecule has 0 radical (unpaired) electrons. The molecule has 0 aromatic heterocycles. The predicted molar refractivity (Wildman–Crippen MR) is 258 cm³/mol. The molecule has 0 bridgehead atoms. The molecule has 14 heteroatoms. The van der Waals surface area contributed by atoms with Crippen molar-refractivity contribution in [2.75, 3.05) is 50.2 Å². The van der Waals surface area contributed by atoms with E-state index < -0.39 is 27.6 Å². The molecule has 13 nitrogen and oxygen atoms in total. The Bertz CT molecular complexity index is 2870. The molecule has 1 unspecified atom stereocenters. The van der Waals surface area contributed by atoms with E-state index in [1.807, 2.05) is 42.5 Å². The Morgan fingerprint density at radius 3 is 1.82 bits per heavy atom. The first-order chi connectivity index (χ1) is 31.4. The van der Waals surface area contributed by atoms with Crippen LogP contribution in [-0.2, 0) is 41.2 Å². The molecule has 1 aliphatic rings. The third-order valence-electron chi connectivity index (χ3n) is 11.9.